The van der Waals surface area contributed by atoms with E-state index in [2.05, 4.69) is 19.3 Å². The summed E-state index contributed by atoms with van der Waals surface area (Å²) in [4.78, 5) is 10.7. The Kier molecular flexibility index (Phi) is 2.78. The number of imidazole rings is 1. The van der Waals surface area contributed by atoms with E-state index in [1.54, 1.807) is 12.4 Å². The average molecular weight is 232 g/mol. The van der Waals surface area contributed by atoms with Crippen molar-refractivity contribution >= 4 is 5.65 Å². The molecule has 1 N–H and O–H groups in total. The molecule has 2 aromatic heterocycles. The van der Waals surface area contributed by atoms with E-state index < -0.39 is 0 Å². The van der Waals surface area contributed by atoms with Crippen LogP contribution in [0.1, 0.15) is 12.1 Å². The third kappa shape index (κ3) is 2.03. The third-order valence-electron chi connectivity index (χ3n) is 3.41. The first kappa shape index (κ1) is 10.7. The van der Waals surface area contributed by atoms with Gasteiger partial charge < -0.3 is 5.11 Å². The molecule has 0 bridgehead atoms. The Bertz CT molecular complexity index is 510. The first-order valence-electron chi connectivity index (χ1n) is 5.96. The van der Waals surface area contributed by atoms with Gasteiger partial charge >= 0.3 is 0 Å². The number of nitrogens with zero attached hydrogens (tertiary/aromatic N) is 4. The van der Waals surface area contributed by atoms with Crippen LogP contribution in [0.5, 0.6) is 0 Å². The molecule has 1 aliphatic heterocycles. The highest BCUT2D eigenvalue weighted by atomic mass is 16.3. The van der Waals surface area contributed by atoms with Crippen LogP contribution < -0.4 is 0 Å². The minimum atomic E-state index is 0.299. The molecule has 1 aliphatic rings. The zero-order chi connectivity index (χ0) is 11.7. The molecule has 1 atom stereocenters. The standard InChI is InChI=1S/C12H16N4O/c17-9-10-1-3-15(7-10)8-11-5-14-12-6-13-2-4-16(11)12/h2,4-6,10,17H,1,3,7-9H2. The topological polar surface area (TPSA) is 53.7 Å². The second-order valence-electron chi connectivity index (χ2n) is 4.63. The van der Waals surface area contributed by atoms with Crippen LogP contribution in [-0.4, -0.2) is 44.1 Å². The lowest BCUT2D eigenvalue weighted by molar-refractivity contribution is 0.219. The van der Waals surface area contributed by atoms with Crippen molar-refractivity contribution in [2.24, 2.45) is 5.92 Å². The molecule has 0 aromatic carbocycles. The van der Waals surface area contributed by atoms with E-state index in [4.69, 9.17) is 5.11 Å². The second-order valence-corrected chi connectivity index (χ2v) is 4.63. The van der Waals surface area contributed by atoms with Crippen molar-refractivity contribution in [1.29, 1.82) is 0 Å². The van der Waals surface area contributed by atoms with Crippen molar-refractivity contribution in [2.45, 2.75) is 13.0 Å². The molecule has 1 unspecified atom stereocenters. The van der Waals surface area contributed by atoms with Gasteiger partial charge in [0.1, 0.15) is 0 Å². The molecule has 17 heavy (non-hydrogen) atoms. The highest BCUT2D eigenvalue weighted by Crippen LogP contribution is 2.18. The molecular formula is C12H16N4O. The molecule has 90 valence electrons. The van der Waals surface area contributed by atoms with Gasteiger partial charge in [-0.3, -0.25) is 14.3 Å². The van der Waals surface area contributed by atoms with E-state index in [9.17, 15) is 0 Å². The lowest BCUT2D eigenvalue weighted by Gasteiger charge is -2.14. The lowest BCUT2D eigenvalue weighted by atomic mass is 10.1. The Hall–Kier alpha value is -1.46. The van der Waals surface area contributed by atoms with Crippen molar-refractivity contribution in [3.05, 3.63) is 30.5 Å². The summed E-state index contributed by atoms with van der Waals surface area (Å²) in [6, 6.07) is 0. The van der Waals surface area contributed by atoms with Gasteiger partial charge in [0, 0.05) is 32.1 Å². The van der Waals surface area contributed by atoms with Crippen LogP contribution >= 0.6 is 0 Å². The van der Waals surface area contributed by atoms with Gasteiger partial charge in [0.05, 0.1) is 18.1 Å². The SMILES string of the molecule is OCC1CCN(Cc2cnc3cnccn23)C1. The number of fused-ring (bicyclic) bond motifs is 1. The predicted octanol–water partition coefficient (Wildman–Crippen LogP) is 0.543. The van der Waals surface area contributed by atoms with Gasteiger partial charge in [-0.2, -0.15) is 0 Å². The molecule has 2 aromatic rings. The van der Waals surface area contributed by atoms with E-state index in [0.717, 1.165) is 31.7 Å². The van der Waals surface area contributed by atoms with Crippen molar-refractivity contribution in [3.8, 4) is 0 Å². The molecule has 5 nitrogen and oxygen atoms in total. The van der Waals surface area contributed by atoms with Crippen LogP contribution in [0.25, 0.3) is 5.65 Å². The number of aromatic nitrogens is 3. The monoisotopic (exact) mass is 232 g/mol. The number of aliphatic hydroxyl groups is 1. The van der Waals surface area contributed by atoms with Crippen LogP contribution in [0.2, 0.25) is 0 Å². The van der Waals surface area contributed by atoms with Crippen LogP contribution in [-0.2, 0) is 6.54 Å². The summed E-state index contributed by atoms with van der Waals surface area (Å²) in [5.41, 5.74) is 2.07. The fourth-order valence-corrected chi connectivity index (χ4v) is 2.45. The maximum absolute atomic E-state index is 9.13. The molecule has 3 heterocycles. The largest absolute Gasteiger partial charge is 0.396 e. The fourth-order valence-electron chi connectivity index (χ4n) is 2.45. The maximum atomic E-state index is 9.13. The second kappa shape index (κ2) is 4.43. The Labute approximate surface area is 99.7 Å². The summed E-state index contributed by atoms with van der Waals surface area (Å²) in [6.45, 7) is 3.23. The molecule has 1 saturated heterocycles. The first-order valence-corrected chi connectivity index (χ1v) is 5.96. The lowest BCUT2D eigenvalue weighted by Crippen LogP contribution is -2.21. The summed E-state index contributed by atoms with van der Waals surface area (Å²) in [6.07, 6.45) is 8.48. The van der Waals surface area contributed by atoms with Crippen molar-refractivity contribution < 1.29 is 5.11 Å². The molecule has 0 spiro atoms. The highest BCUT2D eigenvalue weighted by molar-refractivity contribution is 5.36. The summed E-state index contributed by atoms with van der Waals surface area (Å²) in [7, 11) is 0. The minimum absolute atomic E-state index is 0.299. The molecule has 0 radical (unpaired) electrons. The molecule has 3 rings (SSSR count). The zero-order valence-corrected chi connectivity index (χ0v) is 9.66. The van der Waals surface area contributed by atoms with Crippen LogP contribution in [0.4, 0.5) is 0 Å². The summed E-state index contributed by atoms with van der Waals surface area (Å²) in [5.74, 6) is 0.441. The average Bonchev–Trinajstić information content (AvgIpc) is 2.97. The maximum Gasteiger partial charge on any atom is 0.155 e. The van der Waals surface area contributed by atoms with Crippen molar-refractivity contribution in [3.63, 3.8) is 0 Å². The van der Waals surface area contributed by atoms with Gasteiger partial charge in [-0.1, -0.05) is 0 Å². The minimum Gasteiger partial charge on any atom is -0.396 e. The van der Waals surface area contributed by atoms with Gasteiger partial charge in [-0.25, -0.2) is 4.98 Å². The molecule has 0 amide bonds. The van der Waals surface area contributed by atoms with Crippen LogP contribution in [0.15, 0.2) is 24.8 Å². The molecule has 5 heteroatoms. The van der Waals surface area contributed by atoms with E-state index in [-0.39, 0.29) is 0 Å². The van der Waals surface area contributed by atoms with Crippen LogP contribution in [0.3, 0.4) is 0 Å². The summed E-state index contributed by atoms with van der Waals surface area (Å²) in [5, 5.41) is 9.13. The van der Waals surface area contributed by atoms with Gasteiger partial charge in [0.15, 0.2) is 5.65 Å². The Morgan fingerprint density at radius 2 is 2.35 bits per heavy atom. The normalized spacial score (nSPS) is 21.4. The summed E-state index contributed by atoms with van der Waals surface area (Å²) >= 11 is 0. The Morgan fingerprint density at radius 3 is 3.18 bits per heavy atom. The van der Waals surface area contributed by atoms with Gasteiger partial charge in [0.2, 0.25) is 0 Å². The highest BCUT2D eigenvalue weighted by Gasteiger charge is 2.22. The van der Waals surface area contributed by atoms with Gasteiger partial charge in [-0.05, 0) is 18.9 Å². The van der Waals surface area contributed by atoms with E-state index >= 15 is 0 Å². The predicted molar refractivity (Wildman–Crippen MR) is 63.5 cm³/mol. The Balaban J connectivity index is 1.77. The number of rotatable bonds is 3. The quantitative estimate of drug-likeness (QED) is 0.839. The van der Waals surface area contributed by atoms with E-state index in [1.807, 2.05) is 12.4 Å². The molecular weight excluding hydrogens is 216 g/mol. The summed E-state index contributed by atoms with van der Waals surface area (Å²) < 4.78 is 2.07. The first-order chi connectivity index (χ1) is 8.36. The zero-order valence-electron chi connectivity index (χ0n) is 9.66. The smallest absolute Gasteiger partial charge is 0.155 e. The van der Waals surface area contributed by atoms with Gasteiger partial charge in [-0.15, -0.1) is 0 Å². The fraction of sp³-hybridized carbons (Fsp3) is 0.500. The number of hydrogen-bond acceptors (Lipinski definition) is 4. The van der Waals surface area contributed by atoms with E-state index in [0.29, 0.717) is 12.5 Å². The molecule has 0 aliphatic carbocycles. The molecule has 1 fully saturated rings. The van der Waals surface area contributed by atoms with Crippen molar-refractivity contribution in [1.82, 2.24) is 19.3 Å². The number of hydrogen-bond donors (Lipinski definition) is 1. The number of aliphatic hydroxyl groups excluding tert-OH is 1. The Morgan fingerprint density at radius 1 is 1.41 bits per heavy atom. The van der Waals surface area contributed by atoms with E-state index in [1.165, 1.54) is 5.69 Å². The third-order valence-corrected chi connectivity index (χ3v) is 3.41. The van der Waals surface area contributed by atoms with Crippen molar-refractivity contribution in [2.75, 3.05) is 19.7 Å². The molecule has 0 saturated carbocycles. The van der Waals surface area contributed by atoms with Crippen LogP contribution in [0, 0.1) is 5.92 Å². The van der Waals surface area contributed by atoms with Gasteiger partial charge in [0.25, 0.3) is 0 Å². The number of likely N-dealkylation sites (tertiary alicyclic amines) is 1.